The first-order chi connectivity index (χ1) is 13.1. The highest BCUT2D eigenvalue weighted by molar-refractivity contribution is 5.49. The van der Waals surface area contributed by atoms with Gasteiger partial charge in [-0.3, -0.25) is 10.1 Å². The molecule has 0 radical (unpaired) electrons. The van der Waals surface area contributed by atoms with Crippen LogP contribution in [0.3, 0.4) is 0 Å². The molecule has 0 saturated carbocycles. The van der Waals surface area contributed by atoms with E-state index in [2.05, 4.69) is 6.92 Å². The second-order valence-electron chi connectivity index (χ2n) is 7.77. The van der Waals surface area contributed by atoms with Gasteiger partial charge in [-0.05, 0) is 30.9 Å². The first-order valence-electron chi connectivity index (χ1n) is 11.0. The van der Waals surface area contributed by atoms with Gasteiger partial charge in [0, 0.05) is 11.6 Å². The molecule has 4 nitrogen and oxygen atoms in total. The second-order valence-corrected chi connectivity index (χ2v) is 7.77. The van der Waals surface area contributed by atoms with Gasteiger partial charge in [-0.1, -0.05) is 90.0 Å². The van der Waals surface area contributed by atoms with Crippen molar-refractivity contribution in [2.75, 3.05) is 0 Å². The van der Waals surface area contributed by atoms with E-state index in [4.69, 9.17) is 0 Å². The molecule has 0 heterocycles. The molecule has 0 aromatic heterocycles. The van der Waals surface area contributed by atoms with Gasteiger partial charge >= 0.3 is 0 Å². The van der Waals surface area contributed by atoms with Crippen molar-refractivity contribution in [2.24, 2.45) is 0 Å². The predicted octanol–water partition coefficient (Wildman–Crippen LogP) is 7.03. The average molecular weight is 378 g/mol. The van der Waals surface area contributed by atoms with E-state index in [1.165, 1.54) is 70.6 Å². The zero-order chi connectivity index (χ0) is 19.9. The number of rotatable bonds is 16. The molecule has 0 spiro atoms. The third-order valence-corrected chi connectivity index (χ3v) is 5.53. The summed E-state index contributed by atoms with van der Waals surface area (Å²) in [5, 5.41) is 20.8. The van der Waals surface area contributed by atoms with Crippen LogP contribution < -0.4 is 0 Å². The van der Waals surface area contributed by atoms with Crippen molar-refractivity contribution in [3.63, 3.8) is 0 Å². The lowest BCUT2D eigenvalue weighted by molar-refractivity contribution is -0.385. The number of unbranched alkanes of at least 4 members (excludes halogenated alkanes) is 12. The fourth-order valence-electron chi connectivity index (χ4n) is 3.79. The van der Waals surface area contributed by atoms with Crippen LogP contribution in [0.4, 0.5) is 5.69 Å². The zero-order valence-electron chi connectivity index (χ0n) is 17.5. The van der Waals surface area contributed by atoms with Crippen LogP contribution in [0.2, 0.25) is 0 Å². The summed E-state index contributed by atoms with van der Waals surface area (Å²) in [6.45, 7) is 4.04. The molecule has 0 aliphatic heterocycles. The second kappa shape index (κ2) is 14.6. The SMILES string of the molecule is CCCCCCCCCCCCCCCc1c([N+](=O)[O-])ccc(C)c1CO. The Morgan fingerprint density at radius 2 is 1.30 bits per heavy atom. The molecule has 1 aromatic carbocycles. The smallest absolute Gasteiger partial charge is 0.272 e. The maximum Gasteiger partial charge on any atom is 0.272 e. The monoisotopic (exact) mass is 377 g/mol. The van der Waals surface area contributed by atoms with E-state index in [1.54, 1.807) is 12.1 Å². The molecule has 1 rings (SSSR count). The Morgan fingerprint density at radius 3 is 1.74 bits per heavy atom. The Balaban J connectivity index is 2.17. The summed E-state index contributed by atoms with van der Waals surface area (Å²) in [5.74, 6) is 0. The van der Waals surface area contributed by atoms with Crippen molar-refractivity contribution in [1.29, 1.82) is 0 Å². The molecule has 0 aliphatic carbocycles. The molecule has 0 amide bonds. The minimum atomic E-state index is -0.323. The van der Waals surface area contributed by atoms with Gasteiger partial charge in [-0.2, -0.15) is 0 Å². The molecule has 1 N–H and O–H groups in total. The van der Waals surface area contributed by atoms with Gasteiger partial charge in [0.1, 0.15) is 0 Å². The van der Waals surface area contributed by atoms with Gasteiger partial charge in [0.2, 0.25) is 0 Å². The number of hydrogen-bond donors (Lipinski definition) is 1. The van der Waals surface area contributed by atoms with E-state index >= 15 is 0 Å². The molecule has 0 saturated heterocycles. The molecule has 154 valence electrons. The summed E-state index contributed by atoms with van der Waals surface area (Å²) in [6.07, 6.45) is 17.5. The maximum atomic E-state index is 11.3. The van der Waals surface area contributed by atoms with E-state index in [0.29, 0.717) is 6.42 Å². The number of nitrogens with zero attached hydrogens (tertiary/aromatic N) is 1. The van der Waals surface area contributed by atoms with E-state index in [-0.39, 0.29) is 17.2 Å². The predicted molar refractivity (Wildman–Crippen MR) is 113 cm³/mol. The van der Waals surface area contributed by atoms with E-state index in [1.807, 2.05) is 6.92 Å². The van der Waals surface area contributed by atoms with E-state index < -0.39 is 0 Å². The number of nitro benzene ring substituents is 1. The molecule has 0 unspecified atom stereocenters. The van der Waals surface area contributed by atoms with Crippen LogP contribution in [0.25, 0.3) is 0 Å². The highest BCUT2D eigenvalue weighted by Crippen LogP contribution is 2.27. The first kappa shape index (κ1) is 23.6. The number of hydrogen-bond acceptors (Lipinski definition) is 3. The minimum absolute atomic E-state index is 0.124. The maximum absolute atomic E-state index is 11.3. The van der Waals surface area contributed by atoms with E-state index in [9.17, 15) is 15.2 Å². The Hall–Kier alpha value is -1.42. The van der Waals surface area contributed by atoms with Crippen LogP contribution >= 0.6 is 0 Å². The summed E-state index contributed by atoms with van der Waals surface area (Å²) in [4.78, 5) is 10.9. The lowest BCUT2D eigenvalue weighted by Gasteiger charge is -2.11. The van der Waals surface area contributed by atoms with Crippen molar-refractivity contribution in [3.05, 3.63) is 38.9 Å². The number of aliphatic hydroxyl groups excluding tert-OH is 1. The molecule has 1 aromatic rings. The highest BCUT2D eigenvalue weighted by atomic mass is 16.6. The topological polar surface area (TPSA) is 63.4 Å². The third kappa shape index (κ3) is 9.37. The molecule has 0 fully saturated rings. The summed E-state index contributed by atoms with van der Waals surface area (Å²) in [6, 6.07) is 3.31. The molecule has 0 atom stereocenters. The summed E-state index contributed by atoms with van der Waals surface area (Å²) in [5.41, 5.74) is 2.56. The van der Waals surface area contributed by atoms with Gasteiger partial charge in [-0.25, -0.2) is 0 Å². The number of aryl methyl sites for hydroxylation is 1. The van der Waals surface area contributed by atoms with Gasteiger partial charge in [0.05, 0.1) is 11.5 Å². The van der Waals surface area contributed by atoms with Crippen molar-refractivity contribution in [1.82, 2.24) is 0 Å². The van der Waals surface area contributed by atoms with Crippen molar-refractivity contribution < 1.29 is 10.0 Å². The first-order valence-corrected chi connectivity index (χ1v) is 11.0. The van der Waals surface area contributed by atoms with Crippen molar-refractivity contribution in [3.8, 4) is 0 Å². The van der Waals surface area contributed by atoms with Crippen LogP contribution in [0.5, 0.6) is 0 Å². The Morgan fingerprint density at radius 1 is 0.815 bits per heavy atom. The van der Waals surface area contributed by atoms with Gasteiger partial charge in [-0.15, -0.1) is 0 Å². The lowest BCUT2D eigenvalue weighted by atomic mass is 9.95. The molecule has 27 heavy (non-hydrogen) atoms. The van der Waals surface area contributed by atoms with Crippen LogP contribution in [0.15, 0.2) is 12.1 Å². The van der Waals surface area contributed by atoms with Crippen LogP contribution in [0.1, 0.15) is 107 Å². The molecule has 4 heteroatoms. The molecular weight excluding hydrogens is 338 g/mol. The van der Waals surface area contributed by atoms with Crippen molar-refractivity contribution >= 4 is 5.69 Å². The largest absolute Gasteiger partial charge is 0.392 e. The Labute approximate surface area is 165 Å². The Bertz CT molecular complexity index is 543. The van der Waals surface area contributed by atoms with E-state index in [0.717, 1.165) is 29.5 Å². The zero-order valence-corrected chi connectivity index (χ0v) is 17.5. The van der Waals surface area contributed by atoms with Gasteiger partial charge < -0.3 is 5.11 Å². The fourth-order valence-corrected chi connectivity index (χ4v) is 3.79. The Kier molecular flexibility index (Phi) is 12.8. The average Bonchev–Trinajstić information content (AvgIpc) is 2.65. The van der Waals surface area contributed by atoms with Crippen LogP contribution in [-0.2, 0) is 13.0 Å². The molecule has 0 bridgehead atoms. The molecule has 0 aliphatic rings. The van der Waals surface area contributed by atoms with Crippen molar-refractivity contribution in [2.45, 2.75) is 110 Å². The minimum Gasteiger partial charge on any atom is -0.392 e. The quantitative estimate of drug-likeness (QED) is 0.191. The van der Waals surface area contributed by atoms with Gasteiger partial charge in [0.15, 0.2) is 0 Å². The normalized spacial score (nSPS) is 11.1. The fraction of sp³-hybridized carbons (Fsp3) is 0.739. The van der Waals surface area contributed by atoms with Gasteiger partial charge in [0.25, 0.3) is 5.69 Å². The molecular formula is C23H39NO3. The number of benzene rings is 1. The highest BCUT2D eigenvalue weighted by Gasteiger charge is 2.18. The number of aliphatic hydroxyl groups is 1. The van der Waals surface area contributed by atoms with Crippen LogP contribution in [0, 0.1) is 17.0 Å². The lowest BCUT2D eigenvalue weighted by Crippen LogP contribution is -2.03. The standard InChI is InChI=1S/C23H39NO3/c1-3-4-5-6-7-8-9-10-11-12-13-14-15-16-21-22(19-25)20(2)17-18-23(21)24(26)27/h17-18,25H,3-16,19H2,1-2H3. The third-order valence-electron chi connectivity index (χ3n) is 5.53. The number of nitro groups is 1. The summed E-state index contributed by atoms with van der Waals surface area (Å²) >= 11 is 0. The summed E-state index contributed by atoms with van der Waals surface area (Å²) in [7, 11) is 0. The summed E-state index contributed by atoms with van der Waals surface area (Å²) < 4.78 is 0. The van der Waals surface area contributed by atoms with Crippen LogP contribution in [-0.4, -0.2) is 10.0 Å².